The van der Waals surface area contributed by atoms with E-state index in [0.29, 0.717) is 5.01 Å². The Bertz CT molecular complexity index is 732. The van der Waals surface area contributed by atoms with Crippen molar-refractivity contribution >= 4 is 18.0 Å². The Kier molecular flexibility index (Phi) is 3.06. The molecular formula is C15H8F2N2O2. The molecule has 0 atom stereocenters. The van der Waals surface area contributed by atoms with Gasteiger partial charge in [-0.1, -0.05) is 18.2 Å². The van der Waals surface area contributed by atoms with Crippen molar-refractivity contribution in [2.24, 2.45) is 5.10 Å². The largest absolute Gasteiger partial charge is 0.282 e. The fourth-order valence-electron chi connectivity index (χ4n) is 2.03. The number of hydrogen-bond donors (Lipinski definition) is 0. The smallest absolute Gasteiger partial charge is 0.267 e. The first-order chi connectivity index (χ1) is 10.1. The SMILES string of the molecule is O=C1c2ccccc2C(=O)N1N=Cc1c(F)cccc1F. The summed E-state index contributed by atoms with van der Waals surface area (Å²) in [5.41, 5.74) is 0.0244. The Morgan fingerprint density at radius 3 is 1.90 bits per heavy atom. The standard InChI is InChI=1S/C15H8F2N2O2/c16-12-6-3-7-13(17)11(12)8-18-19-14(20)9-4-1-2-5-10(9)15(19)21/h1-8H. The lowest BCUT2D eigenvalue weighted by molar-refractivity contribution is 0.0660. The monoisotopic (exact) mass is 286 g/mol. The number of benzene rings is 2. The molecule has 0 fully saturated rings. The second kappa shape index (κ2) is 4.90. The number of nitrogens with zero attached hydrogens (tertiary/aromatic N) is 2. The van der Waals surface area contributed by atoms with Crippen LogP contribution in [0.25, 0.3) is 0 Å². The molecule has 1 aliphatic rings. The van der Waals surface area contributed by atoms with Gasteiger partial charge < -0.3 is 0 Å². The summed E-state index contributed by atoms with van der Waals surface area (Å²) in [5, 5.41) is 4.21. The van der Waals surface area contributed by atoms with Crippen LogP contribution < -0.4 is 0 Å². The van der Waals surface area contributed by atoms with E-state index < -0.39 is 29.0 Å². The molecule has 2 aromatic rings. The lowest BCUT2D eigenvalue weighted by Gasteiger charge is -2.06. The van der Waals surface area contributed by atoms with Gasteiger partial charge in [0.05, 0.1) is 22.9 Å². The van der Waals surface area contributed by atoms with Crippen LogP contribution in [0.4, 0.5) is 8.78 Å². The van der Waals surface area contributed by atoms with E-state index in [1.807, 2.05) is 0 Å². The van der Waals surface area contributed by atoms with Gasteiger partial charge in [-0.2, -0.15) is 10.1 Å². The summed E-state index contributed by atoms with van der Waals surface area (Å²) in [6.07, 6.45) is 0.826. The molecule has 2 aromatic carbocycles. The average Bonchev–Trinajstić information content (AvgIpc) is 2.72. The van der Waals surface area contributed by atoms with E-state index in [4.69, 9.17) is 0 Å². The zero-order valence-electron chi connectivity index (χ0n) is 10.6. The Morgan fingerprint density at radius 1 is 0.857 bits per heavy atom. The van der Waals surface area contributed by atoms with E-state index in [9.17, 15) is 18.4 Å². The third kappa shape index (κ3) is 2.10. The van der Waals surface area contributed by atoms with Crippen LogP contribution in [0.3, 0.4) is 0 Å². The van der Waals surface area contributed by atoms with Crippen molar-refractivity contribution in [3.05, 3.63) is 70.8 Å². The molecule has 4 nitrogen and oxygen atoms in total. The molecule has 1 heterocycles. The molecule has 104 valence electrons. The Morgan fingerprint density at radius 2 is 1.38 bits per heavy atom. The Balaban J connectivity index is 1.96. The fourth-order valence-corrected chi connectivity index (χ4v) is 2.03. The van der Waals surface area contributed by atoms with Gasteiger partial charge in [-0.05, 0) is 24.3 Å². The van der Waals surface area contributed by atoms with Gasteiger partial charge in [0, 0.05) is 0 Å². The first-order valence-electron chi connectivity index (χ1n) is 6.05. The maximum Gasteiger partial charge on any atom is 0.282 e. The summed E-state index contributed by atoms with van der Waals surface area (Å²) in [6.45, 7) is 0. The van der Waals surface area contributed by atoms with E-state index in [0.717, 1.165) is 18.3 Å². The third-order valence-electron chi connectivity index (χ3n) is 3.07. The van der Waals surface area contributed by atoms with Crippen molar-refractivity contribution in [1.82, 2.24) is 5.01 Å². The van der Waals surface area contributed by atoms with Crippen LogP contribution in [0.5, 0.6) is 0 Å². The topological polar surface area (TPSA) is 49.7 Å². The zero-order valence-corrected chi connectivity index (χ0v) is 10.6. The molecule has 0 aromatic heterocycles. The molecule has 3 rings (SSSR count). The van der Waals surface area contributed by atoms with E-state index in [2.05, 4.69) is 5.10 Å². The van der Waals surface area contributed by atoms with E-state index in [1.165, 1.54) is 18.2 Å². The molecule has 1 aliphatic heterocycles. The second-order valence-electron chi connectivity index (χ2n) is 4.35. The summed E-state index contributed by atoms with van der Waals surface area (Å²) >= 11 is 0. The van der Waals surface area contributed by atoms with Crippen molar-refractivity contribution < 1.29 is 18.4 Å². The molecule has 0 spiro atoms. The molecule has 2 amide bonds. The number of halogens is 2. The van der Waals surface area contributed by atoms with Crippen LogP contribution in [0, 0.1) is 11.6 Å². The molecule has 0 aliphatic carbocycles. The highest BCUT2D eigenvalue weighted by Gasteiger charge is 2.35. The highest BCUT2D eigenvalue weighted by molar-refractivity contribution is 6.21. The third-order valence-corrected chi connectivity index (χ3v) is 3.07. The normalized spacial score (nSPS) is 14.1. The number of imide groups is 1. The first kappa shape index (κ1) is 13.1. The van der Waals surface area contributed by atoms with Crippen LogP contribution in [-0.4, -0.2) is 23.0 Å². The molecule has 0 radical (unpaired) electrons. The van der Waals surface area contributed by atoms with Gasteiger partial charge in [-0.25, -0.2) is 8.78 Å². The number of fused-ring (bicyclic) bond motifs is 1. The summed E-state index contributed by atoms with van der Waals surface area (Å²) in [6, 6.07) is 9.56. The van der Waals surface area contributed by atoms with Gasteiger partial charge in [0.25, 0.3) is 11.8 Å². The van der Waals surface area contributed by atoms with Crippen molar-refractivity contribution in [3.63, 3.8) is 0 Å². The van der Waals surface area contributed by atoms with Crippen molar-refractivity contribution in [3.8, 4) is 0 Å². The minimum absolute atomic E-state index is 0.216. The molecule has 0 bridgehead atoms. The van der Waals surface area contributed by atoms with E-state index in [-0.39, 0.29) is 11.1 Å². The predicted octanol–water partition coefficient (Wildman–Crippen LogP) is 2.59. The number of carbonyl (C=O) groups is 2. The van der Waals surface area contributed by atoms with Gasteiger partial charge in [0.15, 0.2) is 0 Å². The summed E-state index contributed by atoms with van der Waals surface area (Å²) in [7, 11) is 0. The van der Waals surface area contributed by atoms with Crippen LogP contribution >= 0.6 is 0 Å². The number of hydrazone groups is 1. The lowest BCUT2D eigenvalue weighted by atomic mass is 10.1. The van der Waals surface area contributed by atoms with Gasteiger partial charge in [0.2, 0.25) is 0 Å². The highest BCUT2D eigenvalue weighted by Crippen LogP contribution is 2.22. The molecule has 21 heavy (non-hydrogen) atoms. The summed E-state index contributed by atoms with van der Waals surface area (Å²) in [5.74, 6) is -2.89. The minimum Gasteiger partial charge on any atom is -0.267 e. The second-order valence-corrected chi connectivity index (χ2v) is 4.35. The van der Waals surface area contributed by atoms with Gasteiger partial charge in [-0.3, -0.25) is 9.59 Å². The van der Waals surface area contributed by atoms with Crippen LogP contribution in [0.1, 0.15) is 26.3 Å². The van der Waals surface area contributed by atoms with Crippen molar-refractivity contribution in [1.29, 1.82) is 0 Å². The molecule has 0 unspecified atom stereocenters. The number of hydrogen-bond acceptors (Lipinski definition) is 3. The zero-order chi connectivity index (χ0) is 15.0. The maximum atomic E-state index is 13.5. The number of rotatable bonds is 2. The van der Waals surface area contributed by atoms with Gasteiger partial charge in [-0.15, -0.1) is 0 Å². The van der Waals surface area contributed by atoms with Crippen molar-refractivity contribution in [2.75, 3.05) is 0 Å². The minimum atomic E-state index is -0.824. The molecule has 6 heteroatoms. The van der Waals surface area contributed by atoms with Gasteiger partial charge >= 0.3 is 0 Å². The maximum absolute atomic E-state index is 13.5. The number of carbonyl (C=O) groups excluding carboxylic acids is 2. The quantitative estimate of drug-likeness (QED) is 0.629. The Labute approximate surface area is 118 Å². The van der Waals surface area contributed by atoms with E-state index in [1.54, 1.807) is 12.1 Å². The summed E-state index contributed by atoms with van der Waals surface area (Å²) < 4.78 is 26.9. The molecule has 0 saturated heterocycles. The molecule has 0 saturated carbocycles. The average molecular weight is 286 g/mol. The van der Waals surface area contributed by atoms with Crippen LogP contribution in [0.2, 0.25) is 0 Å². The lowest BCUT2D eigenvalue weighted by Crippen LogP contribution is -2.24. The molecular weight excluding hydrogens is 278 g/mol. The predicted molar refractivity (Wildman–Crippen MR) is 70.9 cm³/mol. The Hall–Kier alpha value is -2.89. The summed E-state index contributed by atoms with van der Waals surface area (Å²) in [4.78, 5) is 24.0. The van der Waals surface area contributed by atoms with E-state index >= 15 is 0 Å². The van der Waals surface area contributed by atoms with Crippen molar-refractivity contribution in [2.45, 2.75) is 0 Å². The van der Waals surface area contributed by atoms with Crippen LogP contribution in [0.15, 0.2) is 47.6 Å². The van der Waals surface area contributed by atoms with Crippen LogP contribution in [-0.2, 0) is 0 Å². The van der Waals surface area contributed by atoms with Gasteiger partial charge in [0.1, 0.15) is 11.6 Å². The highest BCUT2D eigenvalue weighted by atomic mass is 19.1. The number of amides is 2. The fraction of sp³-hybridized carbons (Fsp3) is 0. The molecule has 0 N–H and O–H groups in total. The first-order valence-corrected chi connectivity index (χ1v) is 6.05.